The molecule has 3 atom stereocenters. The number of hydrogen-bond donors (Lipinski definition) is 0. The van der Waals surface area contributed by atoms with E-state index in [0.29, 0.717) is 18.3 Å². The maximum Gasteiger partial charge on any atom is 0.320 e. The van der Waals surface area contributed by atoms with Crippen LogP contribution in [0.4, 0.5) is 0 Å². The van der Waals surface area contributed by atoms with Crippen LogP contribution in [0.1, 0.15) is 79.6 Å². The largest absolute Gasteiger partial charge is 0.458 e. The van der Waals surface area contributed by atoms with E-state index in [0.717, 1.165) is 38.5 Å². The van der Waals surface area contributed by atoms with Crippen molar-refractivity contribution in [1.29, 1.82) is 0 Å². The van der Waals surface area contributed by atoms with Gasteiger partial charge in [0.25, 0.3) is 0 Å². The lowest BCUT2D eigenvalue weighted by molar-refractivity contribution is -0.176. The van der Waals surface area contributed by atoms with Crippen LogP contribution in [0.2, 0.25) is 0 Å². The quantitative estimate of drug-likeness (QED) is 0.553. The molecule has 3 nitrogen and oxygen atoms in total. The van der Waals surface area contributed by atoms with Gasteiger partial charge in [0, 0.05) is 0 Å². The number of carbonyl (C=O) groups is 2. The summed E-state index contributed by atoms with van der Waals surface area (Å²) in [5.74, 6) is 0.785. The summed E-state index contributed by atoms with van der Waals surface area (Å²) >= 11 is 0. The third-order valence-corrected chi connectivity index (χ3v) is 6.49. The molecule has 2 aliphatic carbocycles. The fraction of sp³-hybridized carbons (Fsp3) is 0.895. The van der Waals surface area contributed by atoms with Gasteiger partial charge >= 0.3 is 5.97 Å². The molecule has 2 fully saturated rings. The van der Waals surface area contributed by atoms with Crippen LogP contribution in [0, 0.1) is 23.2 Å². The van der Waals surface area contributed by atoms with E-state index in [-0.39, 0.29) is 23.3 Å². The molecule has 0 N–H and O–H groups in total. The zero-order chi connectivity index (χ0) is 16.5. The van der Waals surface area contributed by atoms with Gasteiger partial charge in [0.15, 0.2) is 0 Å². The Hall–Kier alpha value is -0.860. The summed E-state index contributed by atoms with van der Waals surface area (Å²) in [6.07, 6.45) is 6.62. The zero-order valence-electron chi connectivity index (χ0n) is 14.9. The highest BCUT2D eigenvalue weighted by molar-refractivity contribution is 6.03. The molecule has 0 aromatic rings. The van der Waals surface area contributed by atoms with Gasteiger partial charge in [-0.2, -0.15) is 0 Å². The molecular formula is C19H32O3. The first-order valence-corrected chi connectivity index (χ1v) is 9.02. The molecule has 2 rings (SSSR count). The van der Waals surface area contributed by atoms with E-state index >= 15 is 0 Å². The summed E-state index contributed by atoms with van der Waals surface area (Å²) in [4.78, 5) is 25.5. The first-order chi connectivity index (χ1) is 10.3. The lowest BCUT2D eigenvalue weighted by Gasteiger charge is -2.35. The number of rotatable bonds is 5. The molecule has 0 amide bonds. The van der Waals surface area contributed by atoms with E-state index in [9.17, 15) is 9.59 Å². The Kier molecular flexibility index (Phi) is 5.03. The third kappa shape index (κ3) is 2.83. The molecule has 22 heavy (non-hydrogen) atoms. The minimum absolute atomic E-state index is 0.00241. The first kappa shape index (κ1) is 17.5. The number of ketones is 1. The van der Waals surface area contributed by atoms with Crippen LogP contribution in [0.5, 0.6) is 0 Å². The average Bonchev–Trinajstić information content (AvgIpc) is 3.04. The van der Waals surface area contributed by atoms with Crippen molar-refractivity contribution in [2.75, 3.05) is 0 Å². The van der Waals surface area contributed by atoms with Crippen molar-refractivity contribution >= 4 is 11.8 Å². The molecule has 0 bridgehead atoms. The van der Waals surface area contributed by atoms with E-state index in [2.05, 4.69) is 27.7 Å². The monoisotopic (exact) mass is 308 g/mol. The molecule has 0 saturated heterocycles. The lowest BCUT2D eigenvalue weighted by Crippen LogP contribution is -2.46. The predicted octanol–water partition coefficient (Wildman–Crippen LogP) is 4.53. The second kappa shape index (κ2) is 6.33. The molecule has 0 radical (unpaired) electrons. The Morgan fingerprint density at radius 2 is 1.82 bits per heavy atom. The minimum Gasteiger partial charge on any atom is -0.458 e. The normalized spacial score (nSPS) is 34.1. The molecule has 2 saturated carbocycles. The summed E-state index contributed by atoms with van der Waals surface area (Å²) in [6, 6.07) is 0. The Labute approximate surface area is 135 Å². The lowest BCUT2D eigenvalue weighted by atomic mass is 9.74. The molecule has 2 aliphatic rings. The topological polar surface area (TPSA) is 43.4 Å². The molecule has 0 heterocycles. The van der Waals surface area contributed by atoms with Gasteiger partial charge in [-0.3, -0.25) is 9.59 Å². The Morgan fingerprint density at radius 1 is 1.23 bits per heavy atom. The van der Waals surface area contributed by atoms with Crippen molar-refractivity contribution in [3.05, 3.63) is 0 Å². The van der Waals surface area contributed by atoms with Crippen LogP contribution in [0.15, 0.2) is 0 Å². The van der Waals surface area contributed by atoms with Gasteiger partial charge in [0.05, 0.1) is 0 Å². The summed E-state index contributed by atoms with van der Waals surface area (Å²) in [5, 5.41) is 0. The van der Waals surface area contributed by atoms with Crippen LogP contribution >= 0.6 is 0 Å². The molecule has 3 heteroatoms. The number of Topliss-reactive ketones (excluding diaryl/α,β-unsaturated/α-hetero) is 1. The van der Waals surface area contributed by atoms with Gasteiger partial charge in [0.1, 0.15) is 16.8 Å². The molecule has 126 valence electrons. The molecule has 3 unspecified atom stereocenters. The average molecular weight is 308 g/mol. The van der Waals surface area contributed by atoms with Gasteiger partial charge in [-0.25, -0.2) is 0 Å². The SMILES string of the molecule is CCC1(OC(=O)C2(C(C)=O)CC(C(C)C)CC2C)CCCC1. The Bertz CT molecular complexity index is 434. The van der Waals surface area contributed by atoms with Crippen LogP contribution in [-0.2, 0) is 14.3 Å². The van der Waals surface area contributed by atoms with E-state index < -0.39 is 5.41 Å². The summed E-state index contributed by atoms with van der Waals surface area (Å²) < 4.78 is 6.04. The summed E-state index contributed by atoms with van der Waals surface area (Å²) in [7, 11) is 0. The highest BCUT2D eigenvalue weighted by Gasteiger charge is 2.57. The third-order valence-electron chi connectivity index (χ3n) is 6.49. The highest BCUT2D eigenvalue weighted by atomic mass is 16.6. The number of hydrogen-bond acceptors (Lipinski definition) is 3. The zero-order valence-corrected chi connectivity index (χ0v) is 14.9. The van der Waals surface area contributed by atoms with Gasteiger partial charge in [-0.15, -0.1) is 0 Å². The Balaban J connectivity index is 2.24. The van der Waals surface area contributed by atoms with Crippen LogP contribution < -0.4 is 0 Å². The van der Waals surface area contributed by atoms with E-state index in [4.69, 9.17) is 4.74 Å². The maximum absolute atomic E-state index is 13.1. The predicted molar refractivity (Wildman–Crippen MR) is 87.4 cm³/mol. The van der Waals surface area contributed by atoms with Gasteiger partial charge in [0.2, 0.25) is 0 Å². The van der Waals surface area contributed by atoms with Crippen molar-refractivity contribution in [3.63, 3.8) is 0 Å². The van der Waals surface area contributed by atoms with Crippen molar-refractivity contribution in [1.82, 2.24) is 0 Å². The smallest absolute Gasteiger partial charge is 0.320 e. The van der Waals surface area contributed by atoms with Gasteiger partial charge in [-0.1, -0.05) is 27.7 Å². The van der Waals surface area contributed by atoms with E-state index in [1.807, 2.05) is 0 Å². The molecule has 0 aromatic heterocycles. The van der Waals surface area contributed by atoms with E-state index in [1.54, 1.807) is 6.92 Å². The number of carbonyl (C=O) groups excluding carboxylic acids is 2. The summed E-state index contributed by atoms with van der Waals surface area (Å²) in [5.41, 5.74) is -1.21. The maximum atomic E-state index is 13.1. The van der Waals surface area contributed by atoms with Crippen molar-refractivity contribution in [2.24, 2.45) is 23.2 Å². The molecule has 0 spiro atoms. The van der Waals surface area contributed by atoms with Crippen LogP contribution in [-0.4, -0.2) is 17.4 Å². The minimum atomic E-state index is -0.903. The number of esters is 1. The number of ether oxygens (including phenoxy) is 1. The molecule has 0 aliphatic heterocycles. The second-order valence-corrected chi connectivity index (χ2v) is 8.01. The van der Waals surface area contributed by atoms with E-state index in [1.165, 1.54) is 0 Å². The highest BCUT2D eigenvalue weighted by Crippen LogP contribution is 2.51. The fourth-order valence-electron chi connectivity index (χ4n) is 4.62. The van der Waals surface area contributed by atoms with Crippen molar-refractivity contribution in [2.45, 2.75) is 85.2 Å². The molecule has 0 aromatic carbocycles. The van der Waals surface area contributed by atoms with Gasteiger partial charge in [-0.05, 0) is 69.6 Å². The van der Waals surface area contributed by atoms with Crippen LogP contribution in [0.25, 0.3) is 0 Å². The second-order valence-electron chi connectivity index (χ2n) is 8.01. The van der Waals surface area contributed by atoms with Crippen molar-refractivity contribution < 1.29 is 14.3 Å². The fourth-order valence-corrected chi connectivity index (χ4v) is 4.62. The van der Waals surface area contributed by atoms with Crippen molar-refractivity contribution in [3.8, 4) is 0 Å². The molecular weight excluding hydrogens is 276 g/mol. The van der Waals surface area contributed by atoms with Gasteiger partial charge < -0.3 is 4.74 Å². The van der Waals surface area contributed by atoms with Crippen LogP contribution in [0.3, 0.4) is 0 Å². The Morgan fingerprint density at radius 3 is 2.23 bits per heavy atom. The first-order valence-electron chi connectivity index (χ1n) is 9.02. The summed E-state index contributed by atoms with van der Waals surface area (Å²) in [6.45, 7) is 10.1. The standard InChI is InChI=1S/C19H32O3/c1-6-18(9-7-8-10-18)22-17(21)19(15(5)20)12-16(13(2)3)11-14(19)4/h13-14,16H,6-12H2,1-5H3.